The number of hydrogen-bond acceptors (Lipinski definition) is 5. The smallest absolute Gasteiger partial charge is 0.409 e. The highest BCUT2D eigenvalue weighted by Gasteiger charge is 2.47. The predicted octanol–water partition coefficient (Wildman–Crippen LogP) is 1.93. The number of fused-ring (bicyclic) bond motifs is 1. The highest BCUT2D eigenvalue weighted by atomic mass is 16.6. The molecule has 146 valence electrons. The molecule has 1 aliphatic carbocycles. The summed E-state index contributed by atoms with van der Waals surface area (Å²) in [5.41, 5.74) is 0.718. The van der Waals surface area contributed by atoms with Gasteiger partial charge in [0.25, 0.3) is 0 Å². The van der Waals surface area contributed by atoms with E-state index < -0.39 is 0 Å². The van der Waals surface area contributed by atoms with Crippen molar-refractivity contribution in [2.24, 2.45) is 0 Å². The van der Waals surface area contributed by atoms with E-state index in [1.165, 1.54) is 0 Å². The van der Waals surface area contributed by atoms with Crippen LogP contribution in [0.3, 0.4) is 0 Å². The molecule has 2 heterocycles. The molecule has 1 aromatic rings. The Labute approximate surface area is 158 Å². The van der Waals surface area contributed by atoms with E-state index in [1.807, 2.05) is 18.2 Å². The standard InChI is InChI=1S/C19H25N3O5/c1-2-25-18(24)22-9-7-21(8-10-22)17(23)20-19(5-6-19)14-3-4-15-16(13-14)27-12-11-26-15/h3-4,13H,2,5-12H2,1H3,(H,20,23). The van der Waals surface area contributed by atoms with Crippen LogP contribution in [0.15, 0.2) is 18.2 Å². The molecule has 1 saturated carbocycles. The molecule has 0 atom stereocenters. The molecule has 1 aromatic carbocycles. The van der Waals surface area contributed by atoms with Crippen molar-refractivity contribution in [1.82, 2.24) is 15.1 Å². The number of carbonyl (C=O) groups is 2. The van der Waals surface area contributed by atoms with E-state index in [0.717, 1.165) is 29.9 Å². The first-order valence-corrected chi connectivity index (χ1v) is 9.50. The van der Waals surface area contributed by atoms with E-state index in [-0.39, 0.29) is 17.7 Å². The topological polar surface area (TPSA) is 80.3 Å². The first-order chi connectivity index (χ1) is 13.1. The molecule has 8 heteroatoms. The van der Waals surface area contributed by atoms with Gasteiger partial charge in [-0.05, 0) is 37.5 Å². The Balaban J connectivity index is 1.36. The monoisotopic (exact) mass is 375 g/mol. The van der Waals surface area contributed by atoms with Crippen molar-refractivity contribution >= 4 is 12.1 Å². The Bertz CT molecular complexity index is 726. The Hall–Kier alpha value is -2.64. The Morgan fingerprint density at radius 3 is 2.41 bits per heavy atom. The molecule has 1 N–H and O–H groups in total. The van der Waals surface area contributed by atoms with Gasteiger partial charge in [0.15, 0.2) is 11.5 Å². The summed E-state index contributed by atoms with van der Waals surface area (Å²) in [5, 5.41) is 3.19. The van der Waals surface area contributed by atoms with Crippen LogP contribution < -0.4 is 14.8 Å². The summed E-state index contributed by atoms with van der Waals surface area (Å²) in [7, 11) is 0. The third-order valence-electron chi connectivity index (χ3n) is 5.28. The van der Waals surface area contributed by atoms with Gasteiger partial charge in [-0.1, -0.05) is 6.07 Å². The zero-order valence-electron chi connectivity index (χ0n) is 15.5. The van der Waals surface area contributed by atoms with E-state index in [9.17, 15) is 9.59 Å². The lowest BCUT2D eigenvalue weighted by molar-refractivity contribution is 0.0846. The molecule has 2 fully saturated rings. The van der Waals surface area contributed by atoms with Crippen LogP contribution in [0.2, 0.25) is 0 Å². The third-order valence-corrected chi connectivity index (χ3v) is 5.28. The maximum atomic E-state index is 12.7. The highest BCUT2D eigenvalue weighted by Crippen LogP contribution is 2.48. The number of rotatable bonds is 3. The van der Waals surface area contributed by atoms with Gasteiger partial charge in [-0.3, -0.25) is 0 Å². The Morgan fingerprint density at radius 2 is 1.74 bits per heavy atom. The van der Waals surface area contributed by atoms with Crippen molar-refractivity contribution in [2.45, 2.75) is 25.3 Å². The largest absolute Gasteiger partial charge is 0.486 e. The number of benzene rings is 1. The van der Waals surface area contributed by atoms with Gasteiger partial charge >= 0.3 is 12.1 Å². The van der Waals surface area contributed by atoms with Gasteiger partial charge in [0.05, 0.1) is 12.1 Å². The van der Waals surface area contributed by atoms with E-state index in [0.29, 0.717) is 46.0 Å². The third kappa shape index (κ3) is 3.61. The van der Waals surface area contributed by atoms with Gasteiger partial charge in [0.1, 0.15) is 13.2 Å². The highest BCUT2D eigenvalue weighted by molar-refractivity contribution is 5.77. The number of carbonyl (C=O) groups excluding carboxylic acids is 2. The molecular weight excluding hydrogens is 350 g/mol. The normalized spacial score (nSPS) is 20.0. The van der Waals surface area contributed by atoms with Gasteiger partial charge in [0, 0.05) is 26.2 Å². The van der Waals surface area contributed by atoms with Gasteiger partial charge in [-0.15, -0.1) is 0 Å². The number of urea groups is 1. The van der Waals surface area contributed by atoms with Crippen molar-refractivity contribution in [2.75, 3.05) is 46.0 Å². The molecule has 8 nitrogen and oxygen atoms in total. The number of piperazine rings is 1. The predicted molar refractivity (Wildman–Crippen MR) is 97.0 cm³/mol. The van der Waals surface area contributed by atoms with Gasteiger partial charge < -0.3 is 29.3 Å². The first-order valence-electron chi connectivity index (χ1n) is 9.50. The molecule has 0 aromatic heterocycles. The molecule has 0 bridgehead atoms. The lowest BCUT2D eigenvalue weighted by atomic mass is 10.0. The number of ether oxygens (including phenoxy) is 3. The van der Waals surface area contributed by atoms with Crippen LogP contribution in [0.4, 0.5) is 9.59 Å². The van der Waals surface area contributed by atoms with Crippen LogP contribution in [0.5, 0.6) is 11.5 Å². The lowest BCUT2D eigenvalue weighted by Crippen LogP contribution is -2.54. The van der Waals surface area contributed by atoms with Gasteiger partial charge in [0.2, 0.25) is 0 Å². The SMILES string of the molecule is CCOC(=O)N1CCN(C(=O)NC2(c3ccc4c(c3)OCCO4)CC2)CC1. The fourth-order valence-electron chi connectivity index (χ4n) is 3.54. The maximum Gasteiger partial charge on any atom is 0.409 e. The zero-order chi connectivity index (χ0) is 18.9. The van der Waals surface area contributed by atoms with Crippen LogP contribution in [0.25, 0.3) is 0 Å². The average molecular weight is 375 g/mol. The fraction of sp³-hybridized carbons (Fsp3) is 0.579. The van der Waals surface area contributed by atoms with Crippen molar-refractivity contribution in [3.05, 3.63) is 23.8 Å². The molecule has 2 aliphatic heterocycles. The molecule has 1 saturated heterocycles. The summed E-state index contributed by atoms with van der Waals surface area (Å²) in [6, 6.07) is 5.79. The summed E-state index contributed by atoms with van der Waals surface area (Å²) < 4.78 is 16.3. The second kappa shape index (κ2) is 7.17. The van der Waals surface area contributed by atoms with Crippen molar-refractivity contribution in [3.63, 3.8) is 0 Å². The summed E-state index contributed by atoms with van der Waals surface area (Å²) >= 11 is 0. The summed E-state index contributed by atoms with van der Waals surface area (Å²) in [4.78, 5) is 27.9. The van der Waals surface area contributed by atoms with Crippen LogP contribution in [-0.4, -0.2) is 67.9 Å². The summed E-state index contributed by atoms with van der Waals surface area (Å²) in [6.45, 7) is 5.23. The number of hydrogen-bond donors (Lipinski definition) is 1. The number of nitrogens with zero attached hydrogens (tertiary/aromatic N) is 2. The molecule has 0 radical (unpaired) electrons. The molecular formula is C19H25N3O5. The zero-order valence-corrected chi connectivity index (χ0v) is 15.5. The Morgan fingerprint density at radius 1 is 1.07 bits per heavy atom. The Kier molecular flexibility index (Phi) is 4.72. The van der Waals surface area contributed by atoms with E-state index in [2.05, 4.69) is 5.32 Å². The van der Waals surface area contributed by atoms with Crippen LogP contribution >= 0.6 is 0 Å². The minimum Gasteiger partial charge on any atom is -0.486 e. The van der Waals surface area contributed by atoms with E-state index in [1.54, 1.807) is 16.7 Å². The molecule has 3 amide bonds. The second-order valence-corrected chi connectivity index (χ2v) is 7.04. The van der Waals surface area contributed by atoms with E-state index in [4.69, 9.17) is 14.2 Å². The first kappa shape index (κ1) is 17.8. The number of amides is 3. The maximum absolute atomic E-state index is 12.7. The second-order valence-electron chi connectivity index (χ2n) is 7.04. The fourth-order valence-corrected chi connectivity index (χ4v) is 3.54. The van der Waals surface area contributed by atoms with Crippen molar-refractivity contribution in [1.29, 1.82) is 0 Å². The summed E-state index contributed by atoms with van der Waals surface area (Å²) in [6.07, 6.45) is 1.50. The minimum absolute atomic E-state index is 0.0918. The van der Waals surface area contributed by atoms with Gasteiger partial charge in [-0.25, -0.2) is 9.59 Å². The molecule has 0 spiro atoms. The van der Waals surface area contributed by atoms with Gasteiger partial charge in [-0.2, -0.15) is 0 Å². The van der Waals surface area contributed by atoms with Crippen molar-refractivity contribution < 1.29 is 23.8 Å². The minimum atomic E-state index is -0.328. The van der Waals surface area contributed by atoms with Crippen LogP contribution in [0, 0.1) is 0 Å². The quantitative estimate of drug-likeness (QED) is 0.873. The lowest BCUT2D eigenvalue weighted by Gasteiger charge is -2.35. The molecule has 3 aliphatic rings. The van der Waals surface area contributed by atoms with E-state index >= 15 is 0 Å². The molecule has 4 rings (SSSR count). The number of nitrogens with one attached hydrogen (secondary N) is 1. The molecule has 27 heavy (non-hydrogen) atoms. The van der Waals surface area contributed by atoms with Crippen molar-refractivity contribution in [3.8, 4) is 11.5 Å². The average Bonchev–Trinajstić information content (AvgIpc) is 3.48. The summed E-state index contributed by atoms with van der Waals surface area (Å²) in [5.74, 6) is 1.49. The molecule has 0 unspecified atom stereocenters. The van der Waals surface area contributed by atoms with Crippen LogP contribution in [-0.2, 0) is 10.3 Å². The van der Waals surface area contributed by atoms with Crippen LogP contribution in [0.1, 0.15) is 25.3 Å².